The Bertz CT molecular complexity index is 976. The zero-order chi connectivity index (χ0) is 20.1. The molecular formula is C21H21N3O4. The lowest BCUT2D eigenvalue weighted by Gasteiger charge is -2.08. The topological polar surface area (TPSA) is 93.5 Å². The standard InChI is InChI=1S/C21H21N3O4/c1-4-18-19(13(2)28-24-18)21(26)23-15-7-5-14(6-8-15)20(25)22-16-9-11-17(27-3)12-10-16/h5-12H,4H2,1-3H3,(H,22,25)(H,23,26). The average molecular weight is 379 g/mol. The SMILES string of the molecule is CCc1noc(C)c1C(=O)Nc1ccc(C(=O)Nc2ccc(OC)cc2)cc1. The molecule has 0 fully saturated rings. The van der Waals surface area contributed by atoms with Gasteiger partial charge in [-0.15, -0.1) is 0 Å². The number of methoxy groups -OCH3 is 1. The number of hydrogen-bond donors (Lipinski definition) is 2. The van der Waals surface area contributed by atoms with E-state index in [0.29, 0.717) is 46.1 Å². The third-order valence-corrected chi connectivity index (χ3v) is 4.25. The van der Waals surface area contributed by atoms with Crippen LogP contribution in [0.5, 0.6) is 5.75 Å². The molecule has 2 N–H and O–H groups in total. The summed E-state index contributed by atoms with van der Waals surface area (Å²) in [6.07, 6.45) is 0.602. The Hall–Kier alpha value is -3.61. The number of aromatic nitrogens is 1. The second-order valence-corrected chi connectivity index (χ2v) is 6.13. The maximum atomic E-state index is 12.5. The van der Waals surface area contributed by atoms with E-state index in [2.05, 4.69) is 15.8 Å². The van der Waals surface area contributed by atoms with Gasteiger partial charge in [-0.2, -0.15) is 0 Å². The molecule has 0 aliphatic rings. The van der Waals surface area contributed by atoms with E-state index in [1.54, 1.807) is 62.6 Å². The van der Waals surface area contributed by atoms with Crippen LogP contribution >= 0.6 is 0 Å². The highest BCUT2D eigenvalue weighted by Crippen LogP contribution is 2.19. The van der Waals surface area contributed by atoms with Gasteiger partial charge in [0.05, 0.1) is 12.8 Å². The molecule has 0 aliphatic heterocycles. The normalized spacial score (nSPS) is 10.4. The Morgan fingerprint density at radius 1 is 0.964 bits per heavy atom. The molecule has 1 heterocycles. The van der Waals surface area contributed by atoms with Crippen LogP contribution in [0.2, 0.25) is 0 Å². The molecule has 1 aromatic heterocycles. The third kappa shape index (κ3) is 4.20. The predicted octanol–water partition coefficient (Wildman–Crippen LogP) is 4.06. The quantitative estimate of drug-likeness (QED) is 0.674. The fraction of sp³-hybridized carbons (Fsp3) is 0.190. The minimum Gasteiger partial charge on any atom is -0.497 e. The average Bonchev–Trinajstić information content (AvgIpc) is 3.09. The van der Waals surface area contributed by atoms with E-state index in [9.17, 15) is 9.59 Å². The van der Waals surface area contributed by atoms with Crippen molar-refractivity contribution in [1.82, 2.24) is 5.16 Å². The van der Waals surface area contributed by atoms with Gasteiger partial charge < -0.3 is 19.9 Å². The molecule has 0 unspecified atom stereocenters. The number of nitrogens with one attached hydrogen (secondary N) is 2. The number of aryl methyl sites for hydroxylation is 2. The molecule has 144 valence electrons. The summed E-state index contributed by atoms with van der Waals surface area (Å²) in [7, 11) is 1.58. The molecule has 0 atom stereocenters. The van der Waals surface area contributed by atoms with Gasteiger partial charge in [0.15, 0.2) is 0 Å². The fourth-order valence-electron chi connectivity index (χ4n) is 2.73. The van der Waals surface area contributed by atoms with Crippen molar-refractivity contribution in [2.24, 2.45) is 0 Å². The summed E-state index contributed by atoms with van der Waals surface area (Å²) in [6.45, 7) is 3.61. The molecular weight excluding hydrogens is 358 g/mol. The zero-order valence-electron chi connectivity index (χ0n) is 15.9. The van der Waals surface area contributed by atoms with Crippen molar-refractivity contribution >= 4 is 23.2 Å². The first-order valence-electron chi connectivity index (χ1n) is 8.83. The van der Waals surface area contributed by atoms with Gasteiger partial charge in [-0.3, -0.25) is 9.59 Å². The first kappa shape index (κ1) is 19.2. The van der Waals surface area contributed by atoms with Crippen LogP contribution in [0.3, 0.4) is 0 Å². The summed E-state index contributed by atoms with van der Waals surface area (Å²) < 4.78 is 10.2. The lowest BCUT2D eigenvalue weighted by atomic mass is 10.1. The summed E-state index contributed by atoms with van der Waals surface area (Å²) >= 11 is 0. The maximum Gasteiger partial charge on any atom is 0.261 e. The number of carbonyl (C=O) groups excluding carboxylic acids is 2. The van der Waals surface area contributed by atoms with E-state index in [0.717, 1.165) is 0 Å². The maximum absolute atomic E-state index is 12.5. The lowest BCUT2D eigenvalue weighted by molar-refractivity contribution is 0.101. The van der Waals surface area contributed by atoms with Crippen LogP contribution in [0.1, 0.15) is 39.1 Å². The lowest BCUT2D eigenvalue weighted by Crippen LogP contribution is -2.15. The number of nitrogens with zero attached hydrogens (tertiary/aromatic N) is 1. The van der Waals surface area contributed by atoms with Gasteiger partial charge in [0.2, 0.25) is 0 Å². The molecule has 0 spiro atoms. The van der Waals surface area contributed by atoms with Gasteiger partial charge in [-0.1, -0.05) is 12.1 Å². The fourth-order valence-corrected chi connectivity index (χ4v) is 2.73. The monoisotopic (exact) mass is 379 g/mol. The van der Waals surface area contributed by atoms with E-state index in [1.807, 2.05) is 6.92 Å². The highest BCUT2D eigenvalue weighted by molar-refractivity contribution is 6.07. The summed E-state index contributed by atoms with van der Waals surface area (Å²) in [5.74, 6) is 0.662. The van der Waals surface area contributed by atoms with Gasteiger partial charge in [0, 0.05) is 16.9 Å². The second kappa shape index (κ2) is 8.39. The molecule has 3 aromatic rings. The first-order chi connectivity index (χ1) is 13.5. The van der Waals surface area contributed by atoms with E-state index < -0.39 is 0 Å². The molecule has 2 amide bonds. The second-order valence-electron chi connectivity index (χ2n) is 6.13. The molecule has 2 aromatic carbocycles. The summed E-state index contributed by atoms with van der Waals surface area (Å²) in [6, 6.07) is 13.7. The van der Waals surface area contributed by atoms with Crippen LogP contribution in [0.25, 0.3) is 0 Å². The minimum atomic E-state index is -0.286. The van der Waals surface area contributed by atoms with E-state index >= 15 is 0 Å². The van der Waals surface area contributed by atoms with Gasteiger partial charge >= 0.3 is 0 Å². The van der Waals surface area contributed by atoms with Crippen molar-refractivity contribution in [2.45, 2.75) is 20.3 Å². The molecule has 0 radical (unpaired) electrons. The summed E-state index contributed by atoms with van der Waals surface area (Å²) in [5.41, 5.74) is 2.78. The van der Waals surface area contributed by atoms with Crippen molar-refractivity contribution in [3.63, 3.8) is 0 Å². The van der Waals surface area contributed by atoms with E-state index in [4.69, 9.17) is 9.26 Å². The molecule has 28 heavy (non-hydrogen) atoms. The number of anilines is 2. The Kier molecular flexibility index (Phi) is 5.74. The van der Waals surface area contributed by atoms with E-state index in [1.165, 1.54) is 0 Å². The van der Waals surface area contributed by atoms with Crippen LogP contribution in [-0.4, -0.2) is 24.1 Å². The molecule has 0 bridgehead atoms. The van der Waals surface area contributed by atoms with Crippen molar-refractivity contribution in [2.75, 3.05) is 17.7 Å². The predicted molar refractivity (Wildman–Crippen MR) is 106 cm³/mol. The number of hydrogen-bond acceptors (Lipinski definition) is 5. The van der Waals surface area contributed by atoms with Crippen LogP contribution in [-0.2, 0) is 6.42 Å². The van der Waals surface area contributed by atoms with Crippen molar-refractivity contribution < 1.29 is 18.8 Å². The zero-order valence-corrected chi connectivity index (χ0v) is 15.9. The number of rotatable bonds is 6. The number of amides is 2. The first-order valence-corrected chi connectivity index (χ1v) is 8.83. The smallest absolute Gasteiger partial charge is 0.261 e. The summed E-state index contributed by atoms with van der Waals surface area (Å²) in [4.78, 5) is 24.9. The van der Waals surface area contributed by atoms with Crippen LogP contribution in [0, 0.1) is 6.92 Å². The van der Waals surface area contributed by atoms with E-state index in [-0.39, 0.29) is 11.8 Å². The molecule has 7 nitrogen and oxygen atoms in total. The molecule has 0 saturated heterocycles. The van der Waals surface area contributed by atoms with Crippen LogP contribution in [0.4, 0.5) is 11.4 Å². The Morgan fingerprint density at radius 2 is 1.54 bits per heavy atom. The number of carbonyl (C=O) groups is 2. The number of benzene rings is 2. The highest BCUT2D eigenvalue weighted by atomic mass is 16.5. The Morgan fingerprint density at radius 3 is 2.11 bits per heavy atom. The van der Waals surface area contributed by atoms with Gasteiger partial charge in [0.1, 0.15) is 17.1 Å². The van der Waals surface area contributed by atoms with Crippen LogP contribution in [0.15, 0.2) is 53.1 Å². The largest absolute Gasteiger partial charge is 0.497 e. The Balaban J connectivity index is 1.66. The minimum absolute atomic E-state index is 0.244. The molecule has 7 heteroatoms. The highest BCUT2D eigenvalue weighted by Gasteiger charge is 2.19. The van der Waals surface area contributed by atoms with Gasteiger partial charge in [-0.05, 0) is 61.9 Å². The van der Waals surface area contributed by atoms with Gasteiger partial charge in [-0.25, -0.2) is 0 Å². The molecule has 0 saturated carbocycles. The molecule has 3 rings (SSSR count). The third-order valence-electron chi connectivity index (χ3n) is 4.25. The van der Waals surface area contributed by atoms with Crippen molar-refractivity contribution in [1.29, 1.82) is 0 Å². The van der Waals surface area contributed by atoms with Crippen molar-refractivity contribution in [3.05, 3.63) is 71.1 Å². The molecule has 0 aliphatic carbocycles. The Labute approximate surface area is 162 Å². The van der Waals surface area contributed by atoms with Crippen molar-refractivity contribution in [3.8, 4) is 5.75 Å². The van der Waals surface area contributed by atoms with Crippen LogP contribution < -0.4 is 15.4 Å². The van der Waals surface area contributed by atoms with Gasteiger partial charge in [0.25, 0.3) is 11.8 Å². The number of ether oxygens (including phenoxy) is 1. The summed E-state index contributed by atoms with van der Waals surface area (Å²) in [5, 5.41) is 9.50.